The highest BCUT2D eigenvalue weighted by Crippen LogP contribution is 2.20. The maximum atomic E-state index is 13.0. The number of fused-ring (bicyclic) bond motifs is 1. The van der Waals surface area contributed by atoms with E-state index in [0.29, 0.717) is 11.3 Å². The lowest BCUT2D eigenvalue weighted by molar-refractivity contribution is 0.0647. The molecule has 0 bridgehead atoms. The number of carbonyl (C=O) groups excluding carboxylic acids is 2. The first-order chi connectivity index (χ1) is 14.1. The number of rotatable bonds is 5. The summed E-state index contributed by atoms with van der Waals surface area (Å²) in [4.78, 5) is 34.1. The molecule has 1 amide bonds. The van der Waals surface area contributed by atoms with Gasteiger partial charge in [0.2, 0.25) is 5.95 Å². The topological polar surface area (TPSA) is 88.6 Å². The summed E-state index contributed by atoms with van der Waals surface area (Å²) in [5, 5.41) is 8.73. The van der Waals surface area contributed by atoms with Crippen LogP contribution in [0.15, 0.2) is 24.5 Å². The zero-order valence-corrected chi connectivity index (χ0v) is 16.4. The van der Waals surface area contributed by atoms with Crippen LogP contribution in [-0.2, 0) is 13.5 Å². The Hall–Kier alpha value is -3.23. The molecule has 2 aliphatic rings. The van der Waals surface area contributed by atoms with Crippen molar-refractivity contribution in [1.82, 2.24) is 29.3 Å². The van der Waals surface area contributed by atoms with Gasteiger partial charge in [0.1, 0.15) is 5.69 Å². The molecule has 2 saturated heterocycles. The second-order valence-corrected chi connectivity index (χ2v) is 7.72. The molecule has 2 aliphatic heterocycles. The summed E-state index contributed by atoms with van der Waals surface area (Å²) in [6.45, 7) is 3.44. The molecule has 3 aromatic rings. The Bertz CT molecular complexity index is 1090. The van der Waals surface area contributed by atoms with Gasteiger partial charge in [-0.05, 0) is 30.9 Å². The van der Waals surface area contributed by atoms with Gasteiger partial charge < -0.3 is 9.80 Å². The summed E-state index contributed by atoms with van der Waals surface area (Å²) in [6, 6.07) is 3.77. The van der Waals surface area contributed by atoms with E-state index in [9.17, 15) is 9.59 Å². The fourth-order valence-electron chi connectivity index (χ4n) is 3.95. The van der Waals surface area contributed by atoms with Crippen LogP contribution >= 0.6 is 0 Å². The second kappa shape index (κ2) is 6.98. The van der Waals surface area contributed by atoms with E-state index >= 15 is 0 Å². The third kappa shape index (κ3) is 3.16. The highest BCUT2D eigenvalue weighted by molar-refractivity contribution is 6.07. The summed E-state index contributed by atoms with van der Waals surface area (Å²) in [7, 11) is 1.70. The first-order valence-electron chi connectivity index (χ1n) is 10.0. The van der Waals surface area contributed by atoms with Crippen molar-refractivity contribution in [3.63, 3.8) is 0 Å². The molecule has 0 unspecified atom stereocenters. The summed E-state index contributed by atoms with van der Waals surface area (Å²) in [5.74, 6) is 0.489. The first-order valence-corrected chi connectivity index (χ1v) is 10.0. The molecule has 9 heteroatoms. The molecule has 0 aromatic carbocycles. The van der Waals surface area contributed by atoms with Crippen LogP contribution in [0.1, 0.15) is 45.7 Å². The van der Waals surface area contributed by atoms with Crippen molar-refractivity contribution in [3.05, 3.63) is 41.3 Å². The number of hydrogen-bond donors (Lipinski definition) is 0. The average Bonchev–Trinajstić information content (AvgIpc) is 3.38. The van der Waals surface area contributed by atoms with Gasteiger partial charge in [0, 0.05) is 45.8 Å². The molecule has 5 rings (SSSR count). The van der Waals surface area contributed by atoms with Crippen LogP contribution in [0.25, 0.3) is 5.65 Å². The van der Waals surface area contributed by atoms with Gasteiger partial charge in [-0.15, -0.1) is 5.10 Å². The van der Waals surface area contributed by atoms with Crippen LogP contribution < -0.4 is 4.90 Å². The van der Waals surface area contributed by atoms with Gasteiger partial charge in [-0.3, -0.25) is 14.3 Å². The number of amides is 1. The fraction of sp³-hybridized carbons (Fsp3) is 0.450. The minimum atomic E-state index is -0.131. The van der Waals surface area contributed by atoms with E-state index in [1.807, 2.05) is 18.3 Å². The number of carbonyl (C=O) groups is 2. The minimum Gasteiger partial charge on any atom is -0.340 e. The molecule has 150 valence electrons. The van der Waals surface area contributed by atoms with Gasteiger partial charge in [0.05, 0.1) is 11.8 Å². The normalized spacial score (nSPS) is 16.4. The Labute approximate surface area is 167 Å². The smallest absolute Gasteiger partial charge is 0.257 e. The number of hydrogen-bond acceptors (Lipinski definition) is 6. The molecule has 0 spiro atoms. The number of nitrogens with zero attached hydrogens (tertiary/aromatic N) is 7. The van der Waals surface area contributed by atoms with Crippen LogP contribution in [0.2, 0.25) is 0 Å². The van der Waals surface area contributed by atoms with Crippen molar-refractivity contribution in [3.8, 4) is 0 Å². The van der Waals surface area contributed by atoms with Crippen molar-refractivity contribution in [1.29, 1.82) is 0 Å². The van der Waals surface area contributed by atoms with Gasteiger partial charge in [0.15, 0.2) is 11.4 Å². The number of Topliss-reactive ketones (excluding diaryl/α,β-unsaturated/α-hetero) is 1. The van der Waals surface area contributed by atoms with Crippen molar-refractivity contribution in [2.45, 2.75) is 25.7 Å². The van der Waals surface area contributed by atoms with E-state index < -0.39 is 0 Å². The van der Waals surface area contributed by atoms with Crippen LogP contribution in [0.5, 0.6) is 0 Å². The van der Waals surface area contributed by atoms with E-state index in [0.717, 1.165) is 49.8 Å². The van der Waals surface area contributed by atoms with Crippen molar-refractivity contribution in [2.24, 2.45) is 7.05 Å². The number of pyridine rings is 1. The summed E-state index contributed by atoms with van der Waals surface area (Å²) in [5.41, 5.74) is 2.33. The predicted octanol–water partition coefficient (Wildman–Crippen LogP) is 1.33. The Morgan fingerprint density at radius 2 is 1.86 bits per heavy atom. The standard InChI is InChI=1S/C20H23N7O2/c1-24-18(15(12-21-24)19(29)25-9-4-10-25)16(28)11-14-5-6-17-22-20(23-27(17)13-14)26-7-2-3-8-26/h5-6,12-13H,2-4,7-11H2,1H3. The third-order valence-corrected chi connectivity index (χ3v) is 5.71. The number of likely N-dealkylation sites (tertiary alicyclic amines) is 1. The maximum Gasteiger partial charge on any atom is 0.257 e. The van der Waals surface area contributed by atoms with Crippen LogP contribution in [-0.4, -0.2) is 67.1 Å². The van der Waals surface area contributed by atoms with E-state index in [4.69, 9.17) is 0 Å². The molecule has 0 saturated carbocycles. The molecule has 5 heterocycles. The molecule has 0 aliphatic carbocycles. The van der Waals surface area contributed by atoms with Crippen LogP contribution in [0.4, 0.5) is 5.95 Å². The molecule has 0 radical (unpaired) electrons. The molecular formula is C20H23N7O2. The first kappa shape index (κ1) is 17.8. The van der Waals surface area contributed by atoms with Gasteiger partial charge in [-0.25, -0.2) is 4.52 Å². The number of ketones is 1. The number of aromatic nitrogens is 5. The third-order valence-electron chi connectivity index (χ3n) is 5.71. The lowest BCUT2D eigenvalue weighted by Gasteiger charge is -2.30. The molecule has 0 N–H and O–H groups in total. The van der Waals surface area contributed by atoms with E-state index in [2.05, 4.69) is 20.1 Å². The highest BCUT2D eigenvalue weighted by Gasteiger charge is 2.28. The van der Waals surface area contributed by atoms with Crippen LogP contribution in [0.3, 0.4) is 0 Å². The zero-order valence-electron chi connectivity index (χ0n) is 16.4. The monoisotopic (exact) mass is 393 g/mol. The predicted molar refractivity (Wildman–Crippen MR) is 106 cm³/mol. The maximum absolute atomic E-state index is 13.0. The lowest BCUT2D eigenvalue weighted by atomic mass is 10.0. The zero-order chi connectivity index (χ0) is 20.0. The molecular weight excluding hydrogens is 370 g/mol. The highest BCUT2D eigenvalue weighted by atomic mass is 16.2. The molecule has 3 aromatic heterocycles. The van der Waals surface area contributed by atoms with Gasteiger partial charge in [-0.1, -0.05) is 6.07 Å². The Morgan fingerprint density at radius 1 is 1.07 bits per heavy atom. The number of aryl methyl sites for hydroxylation is 1. The summed E-state index contributed by atoms with van der Waals surface area (Å²) in [6.07, 6.45) is 6.85. The van der Waals surface area contributed by atoms with Crippen molar-refractivity contribution in [2.75, 3.05) is 31.1 Å². The molecule has 2 fully saturated rings. The minimum absolute atomic E-state index is 0.116. The Kier molecular flexibility index (Phi) is 4.30. The fourth-order valence-corrected chi connectivity index (χ4v) is 3.95. The van der Waals surface area contributed by atoms with Crippen LogP contribution in [0, 0.1) is 0 Å². The van der Waals surface area contributed by atoms with Crippen molar-refractivity contribution >= 4 is 23.3 Å². The van der Waals surface area contributed by atoms with Crippen molar-refractivity contribution < 1.29 is 9.59 Å². The number of anilines is 1. The Balaban J connectivity index is 1.38. The van der Waals surface area contributed by atoms with Gasteiger partial charge in [0.25, 0.3) is 5.91 Å². The van der Waals surface area contributed by atoms with E-state index in [1.165, 1.54) is 23.7 Å². The van der Waals surface area contributed by atoms with E-state index in [-0.39, 0.29) is 18.1 Å². The molecule has 0 atom stereocenters. The molecule has 9 nitrogen and oxygen atoms in total. The average molecular weight is 393 g/mol. The lowest BCUT2D eigenvalue weighted by Crippen LogP contribution is -2.42. The molecule has 29 heavy (non-hydrogen) atoms. The largest absolute Gasteiger partial charge is 0.340 e. The van der Waals surface area contributed by atoms with Gasteiger partial charge in [-0.2, -0.15) is 10.1 Å². The SMILES string of the molecule is Cn1ncc(C(=O)N2CCC2)c1C(=O)Cc1ccc2nc(N3CCCC3)nn2c1. The van der Waals surface area contributed by atoms with Gasteiger partial charge >= 0.3 is 0 Å². The summed E-state index contributed by atoms with van der Waals surface area (Å²) < 4.78 is 3.22. The quantitative estimate of drug-likeness (QED) is 0.608. The Morgan fingerprint density at radius 3 is 2.59 bits per heavy atom. The van der Waals surface area contributed by atoms with E-state index in [1.54, 1.807) is 16.5 Å². The summed E-state index contributed by atoms with van der Waals surface area (Å²) >= 11 is 0. The second-order valence-electron chi connectivity index (χ2n) is 7.72.